The van der Waals surface area contributed by atoms with E-state index in [2.05, 4.69) is 0 Å². The van der Waals surface area contributed by atoms with Crippen molar-refractivity contribution >= 4 is 23.7 Å². The highest BCUT2D eigenvalue weighted by atomic mass is 16.7. The Hall–Kier alpha value is -2.88. The molecule has 4 saturated carbocycles. The third-order valence-corrected chi connectivity index (χ3v) is 14.3. The zero-order chi connectivity index (χ0) is 35.3. The molecule has 0 radical (unpaired) electrons. The molecule has 268 valence electrons. The molecular weight excluding hydrogens is 644 g/mol. The zero-order valence-corrected chi connectivity index (χ0v) is 28.4. The van der Waals surface area contributed by atoms with E-state index in [0.717, 1.165) is 0 Å². The highest BCUT2D eigenvalue weighted by Gasteiger charge is 2.95. The van der Waals surface area contributed by atoms with Gasteiger partial charge < -0.3 is 48.5 Å². The smallest absolute Gasteiger partial charge is 0.333 e. The van der Waals surface area contributed by atoms with E-state index in [4.69, 9.17) is 33.2 Å². The van der Waals surface area contributed by atoms with Crippen LogP contribution in [0.15, 0.2) is 24.0 Å². The first-order valence-corrected chi connectivity index (χ1v) is 17.1. The maximum absolute atomic E-state index is 14.1. The van der Waals surface area contributed by atoms with Crippen molar-refractivity contribution in [1.29, 1.82) is 0 Å². The second-order valence-electron chi connectivity index (χ2n) is 15.7. The average molecular weight is 689 g/mol. The summed E-state index contributed by atoms with van der Waals surface area (Å²) in [5, 5.41) is 36.9. The molecule has 0 aromatic heterocycles. The highest BCUT2D eigenvalue weighted by molar-refractivity contribution is 5.88. The van der Waals surface area contributed by atoms with Gasteiger partial charge in [-0.05, 0) is 39.7 Å². The Balaban J connectivity index is 1.37. The summed E-state index contributed by atoms with van der Waals surface area (Å²) in [6, 6.07) is 0. The van der Waals surface area contributed by atoms with Gasteiger partial charge >= 0.3 is 17.9 Å². The number of ether oxygens (including phenoxy) is 7. The Morgan fingerprint density at radius 1 is 1.06 bits per heavy atom. The van der Waals surface area contributed by atoms with Crippen LogP contribution in [-0.4, -0.2) is 112 Å². The molecule has 49 heavy (non-hydrogen) atoms. The topological polar surface area (TPSA) is 197 Å². The number of epoxide rings is 1. The largest absolute Gasteiger partial charge is 0.469 e. The minimum Gasteiger partial charge on any atom is -0.469 e. The van der Waals surface area contributed by atoms with Crippen LogP contribution in [-0.2, 0) is 52.3 Å². The summed E-state index contributed by atoms with van der Waals surface area (Å²) >= 11 is 0. The minimum atomic E-state index is -1.69. The molecule has 16 atom stereocenters. The van der Waals surface area contributed by atoms with Gasteiger partial charge in [0.05, 0.1) is 38.3 Å². The van der Waals surface area contributed by atoms with Crippen molar-refractivity contribution in [2.45, 2.75) is 120 Å². The number of rotatable bonds is 5. The van der Waals surface area contributed by atoms with Gasteiger partial charge in [0.2, 0.25) is 6.29 Å². The Kier molecular flexibility index (Phi) is 6.88. The number of carbonyl (C=O) groups excluding carboxylic acids is 4. The number of ketones is 1. The number of allylic oxidation sites excluding steroid dienone is 1. The fourth-order valence-electron chi connectivity index (χ4n) is 12.3. The molecule has 0 aromatic rings. The Morgan fingerprint density at radius 3 is 2.47 bits per heavy atom. The van der Waals surface area contributed by atoms with Gasteiger partial charge in [-0.3, -0.25) is 14.4 Å². The lowest BCUT2D eigenvalue weighted by molar-refractivity contribution is -0.316. The summed E-state index contributed by atoms with van der Waals surface area (Å²) < 4.78 is 42.8. The number of aliphatic hydroxyl groups is 3. The standard InChI is InChI=1S/C35H44O14/c1-7-15(2)27(40)47-19-13-20(46-16(3)36)33(28(41)43-6)14-45-23-25(33)32(19)9-8-17(37)22(38)24(32)30(4,26(23)39)35-21-12-18(31(35,5)49-35)34(42)10-11-44-29(34)48-21/h7,10-11,18-26,29,38-39,42H,8-9,12-14H2,1-6H3/b15-7+/t18?,19-,20+,21?,22?,23?,24?,25?,26+,29-,30-,31?,32?,33-,34?,35?/m0/s1. The van der Waals surface area contributed by atoms with Crippen molar-refractivity contribution in [3.05, 3.63) is 24.0 Å². The molecule has 14 heteroatoms. The second-order valence-corrected chi connectivity index (χ2v) is 15.7. The number of aliphatic hydroxyl groups excluding tert-OH is 2. The third-order valence-electron chi connectivity index (χ3n) is 14.3. The maximum Gasteiger partial charge on any atom is 0.333 e. The fraction of sp³-hybridized carbons (Fsp3) is 0.771. The molecule has 1 spiro atoms. The Bertz CT molecular complexity index is 1590. The molecule has 4 aliphatic heterocycles. The van der Waals surface area contributed by atoms with Gasteiger partial charge in [-0.25, -0.2) is 4.79 Å². The van der Waals surface area contributed by atoms with E-state index < -0.39 is 117 Å². The molecule has 0 amide bonds. The van der Waals surface area contributed by atoms with Crippen LogP contribution in [0.25, 0.3) is 0 Å². The van der Waals surface area contributed by atoms with E-state index in [9.17, 15) is 34.5 Å². The van der Waals surface area contributed by atoms with Crippen molar-refractivity contribution in [3.8, 4) is 0 Å². The van der Waals surface area contributed by atoms with E-state index in [-0.39, 0.29) is 25.9 Å². The van der Waals surface area contributed by atoms with Gasteiger partial charge in [-0.1, -0.05) is 13.0 Å². The molecule has 3 N–H and O–H groups in total. The number of methoxy groups -OCH3 is 1. The van der Waals surface area contributed by atoms with Crippen LogP contribution in [0.5, 0.6) is 0 Å². The summed E-state index contributed by atoms with van der Waals surface area (Å²) in [7, 11) is 1.21. The van der Waals surface area contributed by atoms with E-state index in [1.807, 2.05) is 6.92 Å². The predicted octanol–water partition coefficient (Wildman–Crippen LogP) is 0.629. The molecular formula is C35H44O14. The molecule has 2 bridgehead atoms. The zero-order valence-electron chi connectivity index (χ0n) is 28.4. The first-order chi connectivity index (χ1) is 23.1. The normalized spacial score (nSPS) is 54.6. The van der Waals surface area contributed by atoms with Crippen LogP contribution < -0.4 is 0 Å². The molecule has 7 fully saturated rings. The Labute approximate surface area is 283 Å². The molecule has 8 aliphatic rings. The fourth-order valence-corrected chi connectivity index (χ4v) is 12.3. The molecule has 10 unspecified atom stereocenters. The summed E-state index contributed by atoms with van der Waals surface area (Å²) in [6.45, 7) is 7.75. The van der Waals surface area contributed by atoms with Crippen molar-refractivity contribution in [3.63, 3.8) is 0 Å². The lowest BCUT2D eigenvalue weighted by Gasteiger charge is -2.69. The monoisotopic (exact) mass is 688 g/mol. The van der Waals surface area contributed by atoms with Crippen LogP contribution in [0.3, 0.4) is 0 Å². The van der Waals surface area contributed by atoms with Gasteiger partial charge in [-0.15, -0.1) is 0 Å². The number of esters is 3. The SMILES string of the molecule is C/C=C(\C)C(=O)O[C@H]1C[C@@H](OC(C)=O)[C@@]2(C(=O)OC)COC3C2C12CCC(=O)C(O)C2[C@](C)(C12OC1(C)C1CC2O[C@@H]2OC=CC12O)[C@@H]3O. The summed E-state index contributed by atoms with van der Waals surface area (Å²) in [5.74, 6) is -5.34. The van der Waals surface area contributed by atoms with Gasteiger partial charge in [0, 0.05) is 53.9 Å². The third kappa shape index (κ3) is 3.53. The van der Waals surface area contributed by atoms with E-state index in [0.29, 0.717) is 12.0 Å². The van der Waals surface area contributed by atoms with Gasteiger partial charge in [0.1, 0.15) is 34.9 Å². The van der Waals surface area contributed by atoms with Crippen molar-refractivity contribution in [2.75, 3.05) is 13.7 Å². The quantitative estimate of drug-likeness (QED) is 0.157. The van der Waals surface area contributed by atoms with E-state index in [1.165, 1.54) is 26.4 Å². The summed E-state index contributed by atoms with van der Waals surface area (Å²) in [4.78, 5) is 54.0. The first-order valence-electron chi connectivity index (χ1n) is 17.1. The first kappa shape index (κ1) is 33.3. The molecule has 4 heterocycles. The van der Waals surface area contributed by atoms with Crippen molar-refractivity contribution in [2.24, 2.45) is 34.0 Å². The van der Waals surface area contributed by atoms with Crippen LogP contribution in [0.4, 0.5) is 0 Å². The lowest BCUT2D eigenvalue weighted by Crippen LogP contribution is -2.80. The van der Waals surface area contributed by atoms with Crippen LogP contribution in [0.2, 0.25) is 0 Å². The van der Waals surface area contributed by atoms with Gasteiger partial charge in [-0.2, -0.15) is 0 Å². The summed E-state index contributed by atoms with van der Waals surface area (Å²) in [5.41, 5.74) is -8.38. The predicted molar refractivity (Wildman–Crippen MR) is 162 cm³/mol. The number of hydrogen-bond donors (Lipinski definition) is 3. The molecule has 0 aromatic carbocycles. The average Bonchev–Trinajstić information content (AvgIpc) is 3.32. The number of Topliss-reactive ketones (excluding diaryl/α,β-unsaturated/α-hetero) is 1. The number of carbonyl (C=O) groups is 4. The van der Waals surface area contributed by atoms with Crippen LogP contribution >= 0.6 is 0 Å². The number of hydrogen-bond acceptors (Lipinski definition) is 14. The van der Waals surface area contributed by atoms with E-state index >= 15 is 0 Å². The van der Waals surface area contributed by atoms with Gasteiger partial charge in [0.15, 0.2) is 11.4 Å². The summed E-state index contributed by atoms with van der Waals surface area (Å²) in [6.07, 6.45) is -3.81. The van der Waals surface area contributed by atoms with Crippen LogP contribution in [0.1, 0.15) is 60.3 Å². The van der Waals surface area contributed by atoms with Crippen LogP contribution in [0, 0.1) is 34.0 Å². The van der Waals surface area contributed by atoms with Crippen molar-refractivity contribution in [1.82, 2.24) is 0 Å². The molecule has 8 rings (SSSR count). The number of fused-ring (bicyclic) bond motifs is 7. The second kappa shape index (κ2) is 10.1. The maximum atomic E-state index is 14.1. The Morgan fingerprint density at radius 2 is 1.80 bits per heavy atom. The molecule has 14 nitrogen and oxygen atoms in total. The lowest BCUT2D eigenvalue weighted by atomic mass is 9.35. The van der Waals surface area contributed by atoms with Crippen molar-refractivity contribution < 1.29 is 67.7 Å². The molecule has 4 aliphatic carbocycles. The van der Waals surface area contributed by atoms with Gasteiger partial charge in [0.25, 0.3) is 0 Å². The van der Waals surface area contributed by atoms with E-state index in [1.54, 1.807) is 26.8 Å². The highest BCUT2D eigenvalue weighted by Crippen LogP contribution is 2.82. The molecule has 3 saturated heterocycles. The minimum absolute atomic E-state index is 0.0545.